The van der Waals surface area contributed by atoms with Gasteiger partial charge in [0, 0.05) is 17.7 Å². The van der Waals surface area contributed by atoms with Gasteiger partial charge in [-0.25, -0.2) is 4.79 Å². The predicted molar refractivity (Wildman–Crippen MR) is 91.4 cm³/mol. The number of non-ortho nitro benzene ring substituents is 1. The maximum Gasteiger partial charge on any atom is 0.338 e. The van der Waals surface area contributed by atoms with Gasteiger partial charge < -0.3 is 10.1 Å². The first-order valence-electron chi connectivity index (χ1n) is 7.74. The molecule has 2 rings (SSSR count). The highest BCUT2D eigenvalue weighted by molar-refractivity contribution is 5.99. The third-order valence-electron chi connectivity index (χ3n) is 3.55. The van der Waals surface area contributed by atoms with Gasteiger partial charge in [-0.3, -0.25) is 14.9 Å². The molecule has 130 valence electrons. The fourth-order valence-electron chi connectivity index (χ4n) is 2.28. The van der Waals surface area contributed by atoms with E-state index in [1.165, 1.54) is 6.07 Å². The van der Waals surface area contributed by atoms with Crippen LogP contribution in [-0.2, 0) is 4.74 Å². The molecule has 2 aromatic carbocycles. The largest absolute Gasteiger partial charge is 0.462 e. The molecule has 0 fully saturated rings. The first-order chi connectivity index (χ1) is 11.9. The number of benzene rings is 2. The van der Waals surface area contributed by atoms with Crippen molar-refractivity contribution >= 4 is 17.6 Å². The zero-order valence-electron chi connectivity index (χ0n) is 13.9. The number of nitro groups is 1. The molecule has 0 spiro atoms. The van der Waals surface area contributed by atoms with E-state index in [1.54, 1.807) is 13.8 Å². The van der Waals surface area contributed by atoms with Crippen molar-refractivity contribution in [2.75, 3.05) is 6.61 Å². The van der Waals surface area contributed by atoms with E-state index >= 15 is 0 Å². The molecular formula is C18H18N2O5. The van der Waals surface area contributed by atoms with Crippen molar-refractivity contribution in [3.63, 3.8) is 0 Å². The summed E-state index contributed by atoms with van der Waals surface area (Å²) in [6.07, 6.45) is 0. The summed E-state index contributed by atoms with van der Waals surface area (Å²) >= 11 is 0. The number of nitrogens with one attached hydrogen (secondary N) is 1. The van der Waals surface area contributed by atoms with Crippen molar-refractivity contribution in [2.45, 2.75) is 19.9 Å². The van der Waals surface area contributed by atoms with E-state index in [-0.39, 0.29) is 29.5 Å². The molecule has 0 saturated heterocycles. The van der Waals surface area contributed by atoms with E-state index in [2.05, 4.69) is 5.32 Å². The Kier molecular flexibility index (Phi) is 5.84. The van der Waals surface area contributed by atoms with Crippen LogP contribution in [0.25, 0.3) is 0 Å². The lowest BCUT2D eigenvalue weighted by atomic mass is 10.1. The van der Waals surface area contributed by atoms with E-state index in [1.807, 2.05) is 30.3 Å². The molecule has 0 aromatic heterocycles. The summed E-state index contributed by atoms with van der Waals surface area (Å²) in [6, 6.07) is 12.5. The Balaban J connectivity index is 2.28. The monoisotopic (exact) mass is 342 g/mol. The molecule has 0 radical (unpaired) electrons. The number of esters is 1. The second kappa shape index (κ2) is 8.05. The molecule has 0 aliphatic rings. The maximum absolute atomic E-state index is 12.5. The molecule has 0 heterocycles. The third kappa shape index (κ3) is 4.63. The summed E-state index contributed by atoms with van der Waals surface area (Å²) in [4.78, 5) is 34.7. The van der Waals surface area contributed by atoms with Crippen molar-refractivity contribution in [1.82, 2.24) is 5.32 Å². The molecule has 0 saturated carbocycles. The fourth-order valence-corrected chi connectivity index (χ4v) is 2.28. The van der Waals surface area contributed by atoms with Gasteiger partial charge in [0.25, 0.3) is 11.6 Å². The van der Waals surface area contributed by atoms with E-state index in [9.17, 15) is 19.7 Å². The van der Waals surface area contributed by atoms with Crippen LogP contribution < -0.4 is 5.32 Å². The van der Waals surface area contributed by atoms with E-state index in [4.69, 9.17) is 4.74 Å². The lowest BCUT2D eigenvalue weighted by Gasteiger charge is -2.14. The van der Waals surface area contributed by atoms with Gasteiger partial charge in [0.1, 0.15) is 0 Å². The minimum absolute atomic E-state index is 0.0278. The number of rotatable bonds is 6. The van der Waals surface area contributed by atoms with Gasteiger partial charge in [0.15, 0.2) is 0 Å². The number of hydrogen-bond donors (Lipinski definition) is 1. The lowest BCUT2D eigenvalue weighted by Crippen LogP contribution is -2.27. The Bertz CT molecular complexity index is 789. The number of nitro benzene ring substituents is 1. The van der Waals surface area contributed by atoms with E-state index in [0.717, 1.165) is 17.7 Å². The Morgan fingerprint density at radius 1 is 1.16 bits per heavy atom. The highest BCUT2D eigenvalue weighted by Crippen LogP contribution is 2.19. The molecule has 2 aromatic rings. The number of hydrogen-bond acceptors (Lipinski definition) is 5. The molecule has 1 atom stereocenters. The second-order valence-corrected chi connectivity index (χ2v) is 5.35. The average Bonchev–Trinajstić information content (AvgIpc) is 2.62. The van der Waals surface area contributed by atoms with Gasteiger partial charge in [0.05, 0.1) is 23.1 Å². The van der Waals surface area contributed by atoms with Crippen LogP contribution in [0.5, 0.6) is 0 Å². The first-order valence-corrected chi connectivity index (χ1v) is 7.74. The van der Waals surface area contributed by atoms with Crippen LogP contribution in [0.15, 0.2) is 48.5 Å². The quantitative estimate of drug-likeness (QED) is 0.493. The Hall–Kier alpha value is -3.22. The normalized spacial score (nSPS) is 11.4. The zero-order valence-corrected chi connectivity index (χ0v) is 13.9. The van der Waals surface area contributed by atoms with Crippen LogP contribution >= 0.6 is 0 Å². The molecular weight excluding hydrogens is 324 g/mol. The molecule has 0 bridgehead atoms. The average molecular weight is 342 g/mol. The van der Waals surface area contributed by atoms with Crippen molar-refractivity contribution in [1.29, 1.82) is 0 Å². The molecule has 0 aliphatic carbocycles. The highest BCUT2D eigenvalue weighted by Gasteiger charge is 2.19. The van der Waals surface area contributed by atoms with Crippen LogP contribution in [0.4, 0.5) is 5.69 Å². The summed E-state index contributed by atoms with van der Waals surface area (Å²) in [5.74, 6) is -1.22. The van der Waals surface area contributed by atoms with Crippen molar-refractivity contribution in [3.05, 3.63) is 75.3 Å². The Morgan fingerprint density at radius 2 is 1.80 bits per heavy atom. The lowest BCUT2D eigenvalue weighted by molar-refractivity contribution is -0.384. The van der Waals surface area contributed by atoms with Gasteiger partial charge in [-0.2, -0.15) is 0 Å². The molecule has 7 nitrogen and oxygen atoms in total. The van der Waals surface area contributed by atoms with Crippen molar-refractivity contribution < 1.29 is 19.2 Å². The standard InChI is InChI=1S/C18H18N2O5/c1-3-25-18(22)15-9-14(10-16(11-15)20(23)24)17(21)19-12(2)13-7-5-4-6-8-13/h4-12H,3H2,1-2H3,(H,19,21). The van der Waals surface area contributed by atoms with Gasteiger partial charge in [-0.15, -0.1) is 0 Å². The molecule has 1 unspecified atom stereocenters. The van der Waals surface area contributed by atoms with Gasteiger partial charge in [-0.1, -0.05) is 30.3 Å². The Labute approximate surface area is 144 Å². The van der Waals surface area contributed by atoms with Crippen molar-refractivity contribution in [2.24, 2.45) is 0 Å². The topological polar surface area (TPSA) is 98.5 Å². The SMILES string of the molecule is CCOC(=O)c1cc(C(=O)NC(C)c2ccccc2)cc([N+](=O)[O-])c1. The van der Waals surface area contributed by atoms with Crippen LogP contribution in [0.1, 0.15) is 46.2 Å². The van der Waals surface area contributed by atoms with Crippen molar-refractivity contribution in [3.8, 4) is 0 Å². The number of carbonyl (C=O) groups is 2. The summed E-state index contributed by atoms with van der Waals surface area (Å²) in [5.41, 5.74) is 0.545. The van der Waals surface area contributed by atoms with Crippen LogP contribution in [-0.4, -0.2) is 23.4 Å². The Morgan fingerprint density at radius 3 is 2.40 bits per heavy atom. The maximum atomic E-state index is 12.5. The number of amides is 1. The smallest absolute Gasteiger partial charge is 0.338 e. The van der Waals surface area contributed by atoms with Crippen LogP contribution in [0, 0.1) is 10.1 Å². The predicted octanol–water partition coefficient (Wildman–Crippen LogP) is 3.26. The second-order valence-electron chi connectivity index (χ2n) is 5.35. The molecule has 25 heavy (non-hydrogen) atoms. The minimum atomic E-state index is -0.712. The molecule has 0 aliphatic heterocycles. The summed E-state index contributed by atoms with van der Waals surface area (Å²) in [5, 5.41) is 13.8. The van der Waals surface area contributed by atoms with Crippen LogP contribution in [0.2, 0.25) is 0 Å². The van der Waals surface area contributed by atoms with Gasteiger partial charge >= 0.3 is 5.97 Å². The number of carbonyl (C=O) groups excluding carboxylic acids is 2. The zero-order chi connectivity index (χ0) is 18.4. The summed E-state index contributed by atoms with van der Waals surface area (Å²) in [6.45, 7) is 3.56. The number of ether oxygens (including phenoxy) is 1. The summed E-state index contributed by atoms with van der Waals surface area (Å²) in [7, 11) is 0. The third-order valence-corrected chi connectivity index (χ3v) is 3.55. The molecule has 1 N–H and O–H groups in total. The molecule has 7 heteroatoms. The fraction of sp³-hybridized carbons (Fsp3) is 0.222. The summed E-state index contributed by atoms with van der Waals surface area (Å²) < 4.78 is 4.85. The van der Waals surface area contributed by atoms with Gasteiger partial charge in [0.2, 0.25) is 0 Å². The minimum Gasteiger partial charge on any atom is -0.462 e. The van der Waals surface area contributed by atoms with E-state index in [0.29, 0.717) is 0 Å². The molecule has 1 amide bonds. The number of nitrogens with zero attached hydrogens (tertiary/aromatic N) is 1. The first kappa shape index (κ1) is 18.1. The highest BCUT2D eigenvalue weighted by atomic mass is 16.6. The van der Waals surface area contributed by atoms with Crippen LogP contribution in [0.3, 0.4) is 0 Å². The van der Waals surface area contributed by atoms with E-state index < -0.39 is 16.8 Å². The van der Waals surface area contributed by atoms with Gasteiger partial charge in [-0.05, 0) is 25.5 Å².